The molecule has 0 radical (unpaired) electrons. The van der Waals surface area contributed by atoms with Crippen molar-refractivity contribution in [3.63, 3.8) is 0 Å². The lowest BCUT2D eigenvalue weighted by atomic mass is 9.90. The predicted octanol–water partition coefficient (Wildman–Crippen LogP) is 4.63. The minimum Gasteiger partial charge on any atom is -0.374 e. The average Bonchev–Trinajstić information content (AvgIpc) is 2.80. The molecule has 1 rings (SSSR count). The SMILES string of the molecule is CCCNC(Cc1sccc1Br)C(C)(CC)OCC. The highest BCUT2D eigenvalue weighted by Crippen LogP contribution is 2.29. The Morgan fingerprint density at radius 3 is 2.63 bits per heavy atom. The Kier molecular flexibility index (Phi) is 7.58. The van der Waals surface area contributed by atoms with E-state index >= 15 is 0 Å². The topological polar surface area (TPSA) is 21.3 Å². The van der Waals surface area contributed by atoms with Gasteiger partial charge in [-0.25, -0.2) is 0 Å². The third-order valence-corrected chi connectivity index (χ3v) is 5.58. The van der Waals surface area contributed by atoms with Crippen molar-refractivity contribution >= 4 is 27.3 Å². The van der Waals surface area contributed by atoms with E-state index in [-0.39, 0.29) is 5.60 Å². The van der Waals surface area contributed by atoms with E-state index in [2.05, 4.69) is 60.4 Å². The number of hydrogen-bond donors (Lipinski definition) is 1. The van der Waals surface area contributed by atoms with Crippen molar-refractivity contribution in [2.75, 3.05) is 13.2 Å². The zero-order valence-electron chi connectivity index (χ0n) is 12.5. The van der Waals surface area contributed by atoms with E-state index in [0.717, 1.165) is 32.4 Å². The standard InChI is InChI=1S/C15H26BrNOS/c1-5-9-17-14(15(4,6-2)18-7-3)11-13-12(16)8-10-19-13/h8,10,14,17H,5-7,9,11H2,1-4H3. The Labute approximate surface area is 130 Å². The Bertz CT molecular complexity index is 369. The van der Waals surface area contributed by atoms with Crippen molar-refractivity contribution in [3.8, 4) is 0 Å². The van der Waals surface area contributed by atoms with Crippen LogP contribution >= 0.6 is 27.3 Å². The summed E-state index contributed by atoms with van der Waals surface area (Å²) < 4.78 is 7.27. The van der Waals surface area contributed by atoms with E-state index in [9.17, 15) is 0 Å². The van der Waals surface area contributed by atoms with Crippen LogP contribution in [0.3, 0.4) is 0 Å². The predicted molar refractivity (Wildman–Crippen MR) is 88.1 cm³/mol. The third-order valence-electron chi connectivity index (χ3n) is 3.63. The summed E-state index contributed by atoms with van der Waals surface area (Å²) in [5.74, 6) is 0. The van der Waals surface area contributed by atoms with E-state index in [1.165, 1.54) is 9.35 Å². The van der Waals surface area contributed by atoms with Gasteiger partial charge in [0, 0.05) is 28.4 Å². The van der Waals surface area contributed by atoms with Crippen molar-refractivity contribution in [2.24, 2.45) is 0 Å². The first-order chi connectivity index (χ1) is 9.07. The summed E-state index contributed by atoms with van der Waals surface area (Å²) >= 11 is 5.45. The quantitative estimate of drug-likeness (QED) is 0.703. The maximum absolute atomic E-state index is 6.05. The smallest absolute Gasteiger partial charge is 0.0807 e. The zero-order chi connectivity index (χ0) is 14.3. The first-order valence-corrected chi connectivity index (χ1v) is 8.83. The number of halogens is 1. The average molecular weight is 348 g/mol. The molecule has 0 fully saturated rings. The Morgan fingerprint density at radius 2 is 2.16 bits per heavy atom. The van der Waals surface area contributed by atoms with Gasteiger partial charge in [0.05, 0.1) is 5.60 Å². The van der Waals surface area contributed by atoms with Gasteiger partial charge in [-0.05, 0) is 60.6 Å². The van der Waals surface area contributed by atoms with Crippen LogP contribution in [0.4, 0.5) is 0 Å². The molecular weight excluding hydrogens is 322 g/mol. The largest absolute Gasteiger partial charge is 0.374 e. The van der Waals surface area contributed by atoms with Gasteiger partial charge in [-0.1, -0.05) is 13.8 Å². The molecule has 19 heavy (non-hydrogen) atoms. The summed E-state index contributed by atoms with van der Waals surface area (Å²) in [6.07, 6.45) is 3.18. The van der Waals surface area contributed by atoms with Crippen molar-refractivity contribution < 1.29 is 4.74 Å². The second kappa shape index (κ2) is 8.40. The van der Waals surface area contributed by atoms with E-state index < -0.39 is 0 Å². The number of rotatable bonds is 9. The molecule has 0 aliphatic heterocycles. The van der Waals surface area contributed by atoms with Crippen LogP contribution in [0, 0.1) is 0 Å². The number of nitrogens with one attached hydrogen (secondary N) is 1. The van der Waals surface area contributed by atoms with Crippen molar-refractivity contribution in [3.05, 3.63) is 20.8 Å². The monoisotopic (exact) mass is 347 g/mol. The fraction of sp³-hybridized carbons (Fsp3) is 0.733. The molecule has 0 saturated heterocycles. The van der Waals surface area contributed by atoms with Crippen LogP contribution in [0.5, 0.6) is 0 Å². The maximum atomic E-state index is 6.05. The molecule has 110 valence electrons. The van der Waals surface area contributed by atoms with Gasteiger partial charge in [0.1, 0.15) is 0 Å². The Morgan fingerprint density at radius 1 is 1.42 bits per heavy atom. The van der Waals surface area contributed by atoms with Gasteiger partial charge in [0.2, 0.25) is 0 Å². The molecule has 0 bridgehead atoms. The van der Waals surface area contributed by atoms with E-state index in [4.69, 9.17) is 4.74 Å². The molecule has 2 atom stereocenters. The first-order valence-electron chi connectivity index (χ1n) is 7.16. The van der Waals surface area contributed by atoms with Crippen LogP contribution in [0.15, 0.2) is 15.9 Å². The molecule has 0 aliphatic carbocycles. The molecule has 1 N–H and O–H groups in total. The van der Waals surface area contributed by atoms with Crippen LogP contribution in [-0.4, -0.2) is 24.8 Å². The van der Waals surface area contributed by atoms with Crippen LogP contribution in [0.2, 0.25) is 0 Å². The summed E-state index contributed by atoms with van der Waals surface area (Å²) in [5, 5.41) is 5.81. The van der Waals surface area contributed by atoms with Gasteiger partial charge in [-0.15, -0.1) is 11.3 Å². The van der Waals surface area contributed by atoms with Gasteiger partial charge in [-0.2, -0.15) is 0 Å². The minimum absolute atomic E-state index is 0.104. The zero-order valence-corrected chi connectivity index (χ0v) is 14.9. The summed E-state index contributed by atoms with van der Waals surface area (Å²) in [5.41, 5.74) is -0.104. The second-order valence-corrected chi connectivity index (χ2v) is 6.86. The third kappa shape index (κ3) is 4.85. The molecule has 2 nitrogen and oxygen atoms in total. The van der Waals surface area contributed by atoms with Crippen LogP contribution in [0.1, 0.15) is 45.4 Å². The first kappa shape index (κ1) is 17.2. The summed E-state index contributed by atoms with van der Waals surface area (Å²) in [4.78, 5) is 1.40. The number of thiophene rings is 1. The fourth-order valence-corrected chi connectivity index (χ4v) is 3.82. The van der Waals surface area contributed by atoms with Crippen LogP contribution < -0.4 is 5.32 Å². The maximum Gasteiger partial charge on any atom is 0.0807 e. The Balaban J connectivity index is 2.83. The number of ether oxygens (including phenoxy) is 1. The second-order valence-electron chi connectivity index (χ2n) is 5.00. The van der Waals surface area contributed by atoms with E-state index in [1.54, 1.807) is 0 Å². The molecule has 1 aromatic rings. The van der Waals surface area contributed by atoms with Gasteiger partial charge in [0.25, 0.3) is 0 Å². The molecule has 0 aliphatic rings. The molecule has 4 heteroatoms. The molecule has 0 spiro atoms. The van der Waals surface area contributed by atoms with Crippen LogP contribution in [0.25, 0.3) is 0 Å². The lowest BCUT2D eigenvalue weighted by molar-refractivity contribution is -0.0548. The molecule has 1 aromatic heterocycles. The summed E-state index contributed by atoms with van der Waals surface area (Å²) in [6, 6.07) is 2.48. The van der Waals surface area contributed by atoms with Crippen molar-refractivity contribution in [2.45, 2.75) is 58.6 Å². The normalized spacial score (nSPS) is 16.3. The van der Waals surface area contributed by atoms with Crippen LogP contribution in [-0.2, 0) is 11.2 Å². The Hall–Kier alpha value is 0.1000. The number of hydrogen-bond acceptors (Lipinski definition) is 3. The minimum atomic E-state index is -0.104. The van der Waals surface area contributed by atoms with Gasteiger partial charge < -0.3 is 10.1 Å². The highest BCUT2D eigenvalue weighted by molar-refractivity contribution is 9.10. The lowest BCUT2D eigenvalue weighted by Crippen LogP contribution is -2.51. The highest BCUT2D eigenvalue weighted by atomic mass is 79.9. The van der Waals surface area contributed by atoms with Gasteiger partial charge in [0.15, 0.2) is 0 Å². The molecule has 1 heterocycles. The molecular formula is C15H26BrNOS. The molecule has 0 saturated carbocycles. The van der Waals surface area contributed by atoms with Crippen molar-refractivity contribution in [1.82, 2.24) is 5.32 Å². The van der Waals surface area contributed by atoms with E-state index in [0.29, 0.717) is 6.04 Å². The molecule has 0 amide bonds. The molecule has 2 unspecified atom stereocenters. The lowest BCUT2D eigenvalue weighted by Gasteiger charge is -2.37. The fourth-order valence-electron chi connectivity index (χ4n) is 2.26. The highest BCUT2D eigenvalue weighted by Gasteiger charge is 2.33. The van der Waals surface area contributed by atoms with Gasteiger partial charge in [-0.3, -0.25) is 0 Å². The molecule has 0 aromatic carbocycles. The van der Waals surface area contributed by atoms with Crippen molar-refractivity contribution in [1.29, 1.82) is 0 Å². The summed E-state index contributed by atoms with van der Waals surface area (Å²) in [7, 11) is 0. The van der Waals surface area contributed by atoms with Gasteiger partial charge >= 0.3 is 0 Å². The summed E-state index contributed by atoms with van der Waals surface area (Å²) in [6.45, 7) is 10.5. The van der Waals surface area contributed by atoms with E-state index in [1.807, 2.05) is 11.3 Å².